The summed E-state index contributed by atoms with van der Waals surface area (Å²) in [6, 6.07) is 0. The summed E-state index contributed by atoms with van der Waals surface area (Å²) < 4.78 is 0. The van der Waals surface area contributed by atoms with E-state index in [0.29, 0.717) is 0 Å². The summed E-state index contributed by atoms with van der Waals surface area (Å²) >= 11 is 0. The second-order valence-corrected chi connectivity index (χ2v) is 11.5. The predicted molar refractivity (Wildman–Crippen MR) is 86.7 cm³/mol. The molecule has 0 unspecified atom stereocenters. The van der Waals surface area contributed by atoms with E-state index >= 15 is 0 Å². The number of aliphatic hydroxyl groups excluding tert-OH is 1. The van der Waals surface area contributed by atoms with Gasteiger partial charge in [0.1, 0.15) is 8.07 Å². The molecule has 0 spiro atoms. The lowest BCUT2D eigenvalue weighted by Gasteiger charge is -2.24. The van der Waals surface area contributed by atoms with Gasteiger partial charge in [-0.2, -0.15) is 0 Å². The standard InChI is InChI=1S/C17H30OSi/c1-5-6-12-17(18)16(13-14-19(2,3)4)15-10-8-7-9-11-15/h10,16-18H,5-9,11-12H2,1-4H3/t16-,17+/m0/s1. The first-order valence-corrected chi connectivity index (χ1v) is 11.3. The molecule has 0 aromatic heterocycles. The minimum atomic E-state index is -1.36. The molecule has 0 saturated carbocycles. The van der Waals surface area contributed by atoms with Crippen LogP contribution in [0.1, 0.15) is 51.9 Å². The Morgan fingerprint density at radius 1 is 1.32 bits per heavy atom. The van der Waals surface area contributed by atoms with Crippen molar-refractivity contribution in [2.45, 2.75) is 77.6 Å². The number of hydrogen-bond acceptors (Lipinski definition) is 1. The van der Waals surface area contributed by atoms with Crippen molar-refractivity contribution in [3.63, 3.8) is 0 Å². The van der Waals surface area contributed by atoms with E-state index in [1.807, 2.05) is 0 Å². The Bertz CT molecular complexity index is 354. The number of unbranched alkanes of at least 4 members (excludes halogenated alkanes) is 1. The summed E-state index contributed by atoms with van der Waals surface area (Å²) in [7, 11) is -1.36. The fourth-order valence-electron chi connectivity index (χ4n) is 2.46. The van der Waals surface area contributed by atoms with Crippen molar-refractivity contribution >= 4 is 8.07 Å². The highest BCUT2D eigenvalue weighted by atomic mass is 28.3. The van der Waals surface area contributed by atoms with Crippen molar-refractivity contribution in [2.75, 3.05) is 0 Å². The molecule has 1 nitrogen and oxygen atoms in total. The summed E-state index contributed by atoms with van der Waals surface area (Å²) in [5.41, 5.74) is 4.87. The van der Waals surface area contributed by atoms with Gasteiger partial charge in [-0.25, -0.2) is 0 Å². The van der Waals surface area contributed by atoms with Crippen molar-refractivity contribution in [3.05, 3.63) is 11.6 Å². The van der Waals surface area contributed by atoms with Gasteiger partial charge in [0.2, 0.25) is 0 Å². The third-order valence-corrected chi connectivity index (χ3v) is 4.46. The molecule has 19 heavy (non-hydrogen) atoms. The molecule has 0 heterocycles. The van der Waals surface area contributed by atoms with E-state index in [2.05, 4.69) is 44.1 Å². The zero-order valence-corrected chi connectivity index (χ0v) is 14.1. The van der Waals surface area contributed by atoms with E-state index in [9.17, 15) is 5.11 Å². The minimum Gasteiger partial charge on any atom is -0.391 e. The Balaban J connectivity index is 2.82. The molecule has 0 fully saturated rings. The third kappa shape index (κ3) is 6.45. The van der Waals surface area contributed by atoms with Gasteiger partial charge in [0.05, 0.1) is 12.0 Å². The van der Waals surface area contributed by atoms with Crippen LogP contribution < -0.4 is 0 Å². The van der Waals surface area contributed by atoms with Gasteiger partial charge in [-0.15, -0.1) is 5.54 Å². The third-order valence-electron chi connectivity index (χ3n) is 3.57. The van der Waals surface area contributed by atoms with Gasteiger partial charge in [-0.05, 0) is 32.1 Å². The summed E-state index contributed by atoms with van der Waals surface area (Å²) in [5.74, 6) is 3.53. The number of hydrogen-bond donors (Lipinski definition) is 1. The van der Waals surface area contributed by atoms with Crippen molar-refractivity contribution < 1.29 is 5.11 Å². The first-order valence-electron chi connectivity index (χ1n) is 7.83. The van der Waals surface area contributed by atoms with Crippen LogP contribution in [0.5, 0.6) is 0 Å². The summed E-state index contributed by atoms with van der Waals surface area (Å²) in [6.45, 7) is 8.98. The lowest BCUT2D eigenvalue weighted by molar-refractivity contribution is 0.133. The Kier molecular flexibility index (Phi) is 6.89. The van der Waals surface area contributed by atoms with Gasteiger partial charge in [0.15, 0.2) is 0 Å². The summed E-state index contributed by atoms with van der Waals surface area (Å²) in [6.07, 6.45) is 10.0. The van der Waals surface area contributed by atoms with Crippen LogP contribution in [0.2, 0.25) is 19.6 Å². The fourth-order valence-corrected chi connectivity index (χ4v) is 3.04. The average molecular weight is 279 g/mol. The second kappa shape index (κ2) is 7.92. The fraction of sp³-hybridized carbons (Fsp3) is 0.765. The molecule has 1 aliphatic rings. The Hall–Kier alpha value is -0.523. The van der Waals surface area contributed by atoms with Crippen molar-refractivity contribution in [3.8, 4) is 11.5 Å². The molecule has 1 rings (SSSR count). The van der Waals surface area contributed by atoms with E-state index in [-0.39, 0.29) is 12.0 Å². The van der Waals surface area contributed by atoms with Crippen LogP contribution in [-0.4, -0.2) is 19.3 Å². The predicted octanol–water partition coefficient (Wildman–Crippen LogP) is 4.53. The minimum absolute atomic E-state index is 0.0959. The molecule has 0 saturated heterocycles. The lowest BCUT2D eigenvalue weighted by Crippen LogP contribution is -2.24. The highest BCUT2D eigenvalue weighted by molar-refractivity contribution is 6.83. The van der Waals surface area contributed by atoms with Crippen molar-refractivity contribution in [2.24, 2.45) is 5.92 Å². The van der Waals surface area contributed by atoms with E-state index in [4.69, 9.17) is 0 Å². The molecule has 1 aliphatic carbocycles. The van der Waals surface area contributed by atoms with Crippen molar-refractivity contribution in [1.82, 2.24) is 0 Å². The van der Waals surface area contributed by atoms with Crippen LogP contribution in [0.3, 0.4) is 0 Å². The maximum Gasteiger partial charge on any atom is 0.129 e. The monoisotopic (exact) mass is 278 g/mol. The largest absolute Gasteiger partial charge is 0.391 e. The van der Waals surface area contributed by atoms with Crippen LogP contribution in [0.15, 0.2) is 11.6 Å². The normalized spacial score (nSPS) is 19.1. The topological polar surface area (TPSA) is 20.2 Å². The van der Waals surface area contributed by atoms with Crippen LogP contribution >= 0.6 is 0 Å². The molecule has 1 N–H and O–H groups in total. The Labute approximate surface area is 120 Å². The van der Waals surface area contributed by atoms with Gasteiger partial charge in [0, 0.05) is 0 Å². The zero-order chi connectivity index (χ0) is 14.3. The van der Waals surface area contributed by atoms with Crippen molar-refractivity contribution in [1.29, 1.82) is 0 Å². The molecular formula is C17H30OSi. The maximum absolute atomic E-state index is 10.5. The summed E-state index contributed by atoms with van der Waals surface area (Å²) in [5, 5.41) is 10.5. The Morgan fingerprint density at radius 2 is 2.05 bits per heavy atom. The van der Waals surface area contributed by atoms with Gasteiger partial charge < -0.3 is 5.11 Å². The summed E-state index contributed by atoms with van der Waals surface area (Å²) in [4.78, 5) is 0. The molecule has 2 heteroatoms. The van der Waals surface area contributed by atoms with E-state index in [1.54, 1.807) is 0 Å². The Morgan fingerprint density at radius 3 is 2.58 bits per heavy atom. The average Bonchev–Trinajstić information content (AvgIpc) is 2.36. The van der Waals surface area contributed by atoms with Crippen LogP contribution in [0.4, 0.5) is 0 Å². The highest BCUT2D eigenvalue weighted by Gasteiger charge is 2.22. The second-order valence-electron chi connectivity index (χ2n) is 6.73. The van der Waals surface area contributed by atoms with Crippen LogP contribution in [0.25, 0.3) is 0 Å². The number of aliphatic hydroxyl groups is 1. The SMILES string of the molecule is CCCC[C@@H](O)[C@@H](C#C[Si](C)(C)C)C1=CCCCC1. The first-order chi connectivity index (χ1) is 8.94. The molecule has 0 bridgehead atoms. The number of rotatable bonds is 5. The molecule has 0 radical (unpaired) electrons. The maximum atomic E-state index is 10.5. The van der Waals surface area contributed by atoms with Gasteiger partial charge in [-0.3, -0.25) is 0 Å². The zero-order valence-electron chi connectivity index (χ0n) is 13.1. The molecule has 108 valence electrons. The molecule has 0 aromatic rings. The van der Waals surface area contributed by atoms with Gasteiger partial charge in [-0.1, -0.05) is 57.0 Å². The lowest BCUT2D eigenvalue weighted by atomic mass is 9.84. The first kappa shape index (κ1) is 16.5. The van der Waals surface area contributed by atoms with E-state index < -0.39 is 8.07 Å². The highest BCUT2D eigenvalue weighted by Crippen LogP contribution is 2.28. The molecule has 0 amide bonds. The van der Waals surface area contributed by atoms with E-state index in [0.717, 1.165) is 25.7 Å². The quantitative estimate of drug-likeness (QED) is 0.445. The molecule has 0 aromatic carbocycles. The molecular weight excluding hydrogens is 248 g/mol. The number of allylic oxidation sites excluding steroid dienone is 1. The van der Waals surface area contributed by atoms with Gasteiger partial charge >= 0.3 is 0 Å². The van der Waals surface area contributed by atoms with Gasteiger partial charge in [0.25, 0.3) is 0 Å². The van der Waals surface area contributed by atoms with Crippen LogP contribution in [0, 0.1) is 17.4 Å². The molecule has 2 atom stereocenters. The van der Waals surface area contributed by atoms with Crippen LogP contribution in [-0.2, 0) is 0 Å². The smallest absolute Gasteiger partial charge is 0.129 e. The molecule has 0 aliphatic heterocycles. The van der Waals surface area contributed by atoms with E-state index in [1.165, 1.54) is 24.8 Å².